The normalized spacial score (nSPS) is 30.2. The van der Waals surface area contributed by atoms with Crippen molar-refractivity contribution < 1.29 is 9.53 Å². The molecule has 1 amide bonds. The van der Waals surface area contributed by atoms with E-state index in [1.165, 1.54) is 30.8 Å². The van der Waals surface area contributed by atoms with Crippen molar-refractivity contribution in [1.29, 1.82) is 0 Å². The van der Waals surface area contributed by atoms with Crippen molar-refractivity contribution >= 4 is 35.1 Å². The fourth-order valence-electron chi connectivity index (χ4n) is 4.87. The molecule has 1 aromatic carbocycles. The van der Waals surface area contributed by atoms with Crippen LogP contribution in [0.3, 0.4) is 0 Å². The third kappa shape index (κ3) is 3.42. The molecule has 0 radical (unpaired) electrons. The first-order valence-electron chi connectivity index (χ1n) is 9.53. The maximum Gasteiger partial charge on any atom is 0.227 e. The summed E-state index contributed by atoms with van der Waals surface area (Å²) in [6, 6.07) is 7.73. The predicted octanol–water partition coefficient (Wildman–Crippen LogP) is 5.03. The Hall–Kier alpha value is -0.810. The van der Waals surface area contributed by atoms with Crippen molar-refractivity contribution in [2.24, 2.45) is 17.8 Å². The number of ether oxygens (including phenoxy) is 1. The average Bonchev–Trinajstić information content (AvgIpc) is 3.06. The van der Waals surface area contributed by atoms with Crippen LogP contribution in [0, 0.1) is 17.8 Å². The van der Waals surface area contributed by atoms with E-state index in [1.54, 1.807) is 0 Å². The number of carbonyl (C=O) groups excluding carboxylic acids is 1. The van der Waals surface area contributed by atoms with Gasteiger partial charge in [-0.25, -0.2) is 0 Å². The summed E-state index contributed by atoms with van der Waals surface area (Å²) in [5.74, 6) is 5.26. The van der Waals surface area contributed by atoms with E-state index in [0.29, 0.717) is 22.5 Å². The molecule has 2 saturated carbocycles. The Morgan fingerprint density at radius 3 is 2.40 bits per heavy atom. The maximum absolute atomic E-state index is 12.9. The fraction of sp³-hybridized carbons (Fsp3) is 0.650. The number of anilines is 1. The minimum absolute atomic E-state index is 0.175. The number of hydrogen-bond acceptors (Lipinski definition) is 4. The van der Waals surface area contributed by atoms with E-state index in [1.807, 2.05) is 31.2 Å². The second-order valence-corrected chi connectivity index (χ2v) is 10.4. The molecule has 3 fully saturated rings. The second-order valence-electron chi connectivity index (χ2n) is 7.36. The van der Waals surface area contributed by atoms with Crippen molar-refractivity contribution in [3.8, 4) is 5.75 Å². The summed E-state index contributed by atoms with van der Waals surface area (Å²) in [5.41, 5.74) is 0.878. The van der Waals surface area contributed by atoms with E-state index < -0.39 is 0 Å². The predicted molar refractivity (Wildman–Crippen MR) is 107 cm³/mol. The van der Waals surface area contributed by atoms with Gasteiger partial charge >= 0.3 is 0 Å². The van der Waals surface area contributed by atoms with Gasteiger partial charge < -0.3 is 10.1 Å². The molecule has 1 heterocycles. The fourth-order valence-corrected chi connectivity index (χ4v) is 8.81. The van der Waals surface area contributed by atoms with Crippen molar-refractivity contribution in [2.45, 2.75) is 43.1 Å². The molecule has 5 heteroatoms. The summed E-state index contributed by atoms with van der Waals surface area (Å²) in [5, 5.41) is 3.14. The highest BCUT2D eigenvalue weighted by Crippen LogP contribution is 2.64. The van der Waals surface area contributed by atoms with Crippen LogP contribution in [0.4, 0.5) is 5.69 Å². The Kier molecular flexibility index (Phi) is 5.23. The van der Waals surface area contributed by atoms with Crippen LogP contribution in [-0.2, 0) is 4.79 Å². The summed E-state index contributed by atoms with van der Waals surface area (Å²) in [4.78, 5) is 12.9. The quantitative estimate of drug-likeness (QED) is 0.799. The van der Waals surface area contributed by atoms with E-state index in [9.17, 15) is 4.79 Å². The SMILES string of the molecule is CCOc1ccc(NC(=O)C2C[C@H]3CCC[C@@H](C2)C32SCCS2)cc1. The molecule has 0 aromatic heterocycles. The van der Waals surface area contributed by atoms with Gasteiger partial charge in [0.1, 0.15) is 5.75 Å². The van der Waals surface area contributed by atoms with Gasteiger partial charge in [-0.15, -0.1) is 23.5 Å². The van der Waals surface area contributed by atoms with Gasteiger partial charge in [-0.3, -0.25) is 4.79 Å². The number of hydrogen-bond donors (Lipinski definition) is 1. The highest BCUT2D eigenvalue weighted by atomic mass is 32.2. The molecule has 1 aliphatic heterocycles. The Balaban J connectivity index is 1.41. The molecule has 136 valence electrons. The van der Waals surface area contributed by atoms with E-state index in [0.717, 1.165) is 24.3 Å². The van der Waals surface area contributed by atoms with Gasteiger partial charge in [-0.1, -0.05) is 6.42 Å². The first-order valence-corrected chi connectivity index (χ1v) is 11.5. The Bertz CT molecular complexity index is 597. The minimum Gasteiger partial charge on any atom is -0.494 e. The van der Waals surface area contributed by atoms with Crippen molar-refractivity contribution in [1.82, 2.24) is 0 Å². The molecule has 1 unspecified atom stereocenters. The molecule has 4 rings (SSSR count). The first kappa shape index (κ1) is 17.6. The molecule has 3 nitrogen and oxygen atoms in total. The Morgan fingerprint density at radius 1 is 1.16 bits per heavy atom. The zero-order chi connectivity index (χ0) is 17.3. The summed E-state index contributed by atoms with van der Waals surface area (Å²) >= 11 is 4.40. The zero-order valence-electron chi connectivity index (χ0n) is 14.8. The molecular weight excluding hydrogens is 350 g/mol. The second kappa shape index (κ2) is 7.43. The lowest BCUT2D eigenvalue weighted by atomic mass is 9.67. The molecule has 1 spiro atoms. The lowest BCUT2D eigenvalue weighted by Crippen LogP contribution is -2.48. The van der Waals surface area contributed by atoms with Crippen molar-refractivity contribution in [3.05, 3.63) is 24.3 Å². The van der Waals surface area contributed by atoms with Crippen molar-refractivity contribution in [3.63, 3.8) is 0 Å². The molecule has 1 saturated heterocycles. The average molecular weight is 378 g/mol. The third-order valence-electron chi connectivity index (χ3n) is 5.92. The molecule has 1 aromatic rings. The summed E-state index contributed by atoms with van der Waals surface area (Å²) in [6.45, 7) is 2.64. The van der Waals surface area contributed by atoms with Crippen LogP contribution in [0.15, 0.2) is 24.3 Å². The van der Waals surface area contributed by atoms with Crippen LogP contribution in [0.2, 0.25) is 0 Å². The lowest BCUT2D eigenvalue weighted by Gasteiger charge is -2.52. The van der Waals surface area contributed by atoms with E-state index in [-0.39, 0.29) is 11.8 Å². The van der Waals surface area contributed by atoms with Gasteiger partial charge in [-0.2, -0.15) is 0 Å². The van der Waals surface area contributed by atoms with Crippen LogP contribution in [-0.4, -0.2) is 28.1 Å². The number of benzene rings is 1. The zero-order valence-corrected chi connectivity index (χ0v) is 16.5. The van der Waals surface area contributed by atoms with Crippen LogP contribution in [0.5, 0.6) is 5.75 Å². The number of nitrogens with one attached hydrogen (secondary N) is 1. The third-order valence-corrected chi connectivity index (χ3v) is 9.94. The summed E-state index contributed by atoms with van der Waals surface area (Å²) in [6.07, 6.45) is 6.11. The van der Waals surface area contributed by atoms with Gasteiger partial charge in [0.05, 0.1) is 10.7 Å². The van der Waals surface area contributed by atoms with Gasteiger partial charge in [0, 0.05) is 23.1 Å². The molecule has 3 atom stereocenters. The monoisotopic (exact) mass is 377 g/mol. The Morgan fingerprint density at radius 2 is 1.80 bits per heavy atom. The van der Waals surface area contributed by atoms with Crippen LogP contribution >= 0.6 is 23.5 Å². The Labute approximate surface area is 159 Å². The standard InChI is InChI=1S/C20H27NO2S2/c1-2-23-18-8-6-17(7-9-18)21-19(22)14-12-15-4-3-5-16(13-14)20(15)24-10-11-25-20/h6-9,14-16H,2-5,10-13H2,1H3,(H,21,22)/t14?,15-,16+. The van der Waals surface area contributed by atoms with Gasteiger partial charge in [0.25, 0.3) is 0 Å². The van der Waals surface area contributed by atoms with Gasteiger partial charge in [0.15, 0.2) is 0 Å². The van der Waals surface area contributed by atoms with Crippen LogP contribution in [0.25, 0.3) is 0 Å². The highest BCUT2D eigenvalue weighted by Gasteiger charge is 2.55. The topological polar surface area (TPSA) is 38.3 Å². The number of amides is 1. The van der Waals surface area contributed by atoms with Crippen molar-refractivity contribution in [2.75, 3.05) is 23.4 Å². The highest BCUT2D eigenvalue weighted by molar-refractivity contribution is 8.21. The molecule has 2 bridgehead atoms. The largest absolute Gasteiger partial charge is 0.494 e. The number of carbonyl (C=O) groups is 1. The van der Waals surface area contributed by atoms with Crippen LogP contribution in [0.1, 0.15) is 39.0 Å². The summed E-state index contributed by atoms with van der Waals surface area (Å²) < 4.78 is 5.91. The molecule has 1 N–H and O–H groups in total. The smallest absolute Gasteiger partial charge is 0.227 e. The lowest BCUT2D eigenvalue weighted by molar-refractivity contribution is -0.122. The van der Waals surface area contributed by atoms with E-state index >= 15 is 0 Å². The number of rotatable bonds is 4. The first-order chi connectivity index (χ1) is 12.2. The van der Waals surface area contributed by atoms with E-state index in [2.05, 4.69) is 28.8 Å². The minimum atomic E-state index is 0.175. The molecule has 3 aliphatic rings. The maximum atomic E-state index is 12.9. The molecular formula is C20H27NO2S2. The van der Waals surface area contributed by atoms with Crippen LogP contribution < -0.4 is 10.1 Å². The van der Waals surface area contributed by atoms with Gasteiger partial charge in [-0.05, 0) is 68.7 Å². The molecule has 25 heavy (non-hydrogen) atoms. The van der Waals surface area contributed by atoms with Gasteiger partial charge in [0.2, 0.25) is 5.91 Å². The van der Waals surface area contributed by atoms with E-state index in [4.69, 9.17) is 4.74 Å². The number of thioether (sulfide) groups is 2. The molecule has 2 aliphatic carbocycles. The summed E-state index contributed by atoms with van der Waals surface area (Å²) in [7, 11) is 0.